The summed E-state index contributed by atoms with van der Waals surface area (Å²) in [5, 5.41) is 2.90. The largest absolute Gasteiger partial charge is 0.459 e. The molecule has 23 heavy (non-hydrogen) atoms. The lowest BCUT2D eigenvalue weighted by molar-refractivity contribution is 0.0996. The standard InChI is InChI=1S/C18H23N3O2/c1-13-6-11-23-17(13)18(22)19-15-4-5-16(14(2)12-15)21-9-7-20(3)8-10-21/h4-6,11-12H,7-10H2,1-3H3,(H,19,22). The Bertz CT molecular complexity index is 700. The molecule has 5 nitrogen and oxygen atoms in total. The van der Waals surface area contributed by atoms with Crippen molar-refractivity contribution in [2.24, 2.45) is 0 Å². The van der Waals surface area contributed by atoms with Crippen LogP contribution in [0.1, 0.15) is 21.7 Å². The Balaban J connectivity index is 1.72. The number of aryl methyl sites for hydroxylation is 2. The van der Waals surface area contributed by atoms with E-state index in [1.165, 1.54) is 17.5 Å². The topological polar surface area (TPSA) is 48.7 Å². The van der Waals surface area contributed by atoms with Crippen LogP contribution >= 0.6 is 0 Å². The highest BCUT2D eigenvalue weighted by Gasteiger charge is 2.17. The molecule has 0 spiro atoms. The third kappa shape index (κ3) is 3.40. The highest BCUT2D eigenvalue weighted by atomic mass is 16.3. The molecule has 2 aromatic rings. The molecular weight excluding hydrogens is 290 g/mol. The number of hydrogen-bond acceptors (Lipinski definition) is 4. The molecule has 122 valence electrons. The van der Waals surface area contributed by atoms with Gasteiger partial charge in [-0.3, -0.25) is 4.79 Å². The second-order valence-corrected chi connectivity index (χ2v) is 6.18. The van der Waals surface area contributed by atoms with Gasteiger partial charge in [0.15, 0.2) is 5.76 Å². The van der Waals surface area contributed by atoms with E-state index in [0.717, 1.165) is 37.4 Å². The molecule has 2 heterocycles. The predicted octanol–water partition coefficient (Wildman–Crippen LogP) is 2.90. The molecule has 1 aliphatic rings. The molecule has 1 aliphatic heterocycles. The monoisotopic (exact) mass is 313 g/mol. The third-order valence-electron chi connectivity index (χ3n) is 4.37. The molecular formula is C18H23N3O2. The van der Waals surface area contributed by atoms with Crippen LogP contribution in [-0.4, -0.2) is 44.0 Å². The average molecular weight is 313 g/mol. The minimum Gasteiger partial charge on any atom is -0.459 e. The molecule has 1 amide bonds. The number of benzene rings is 1. The maximum atomic E-state index is 12.2. The third-order valence-corrected chi connectivity index (χ3v) is 4.37. The second-order valence-electron chi connectivity index (χ2n) is 6.18. The van der Waals surface area contributed by atoms with Gasteiger partial charge in [-0.05, 0) is 50.7 Å². The summed E-state index contributed by atoms with van der Waals surface area (Å²) in [4.78, 5) is 16.9. The summed E-state index contributed by atoms with van der Waals surface area (Å²) in [5.41, 5.74) is 4.04. The van der Waals surface area contributed by atoms with Crippen molar-refractivity contribution >= 4 is 17.3 Å². The van der Waals surface area contributed by atoms with Gasteiger partial charge in [0, 0.05) is 43.1 Å². The molecule has 0 aliphatic carbocycles. The van der Waals surface area contributed by atoms with Crippen LogP contribution in [0.2, 0.25) is 0 Å². The van der Waals surface area contributed by atoms with E-state index in [9.17, 15) is 4.79 Å². The first-order valence-electron chi connectivity index (χ1n) is 7.94. The Kier molecular flexibility index (Phi) is 4.39. The van der Waals surface area contributed by atoms with E-state index >= 15 is 0 Å². The fourth-order valence-corrected chi connectivity index (χ4v) is 2.93. The van der Waals surface area contributed by atoms with Gasteiger partial charge in [0.25, 0.3) is 5.91 Å². The lowest BCUT2D eigenvalue weighted by Gasteiger charge is -2.35. The summed E-state index contributed by atoms with van der Waals surface area (Å²) >= 11 is 0. The highest BCUT2D eigenvalue weighted by molar-refractivity contribution is 6.03. The minimum absolute atomic E-state index is 0.209. The number of nitrogens with one attached hydrogen (secondary N) is 1. The van der Waals surface area contributed by atoms with Gasteiger partial charge in [0.2, 0.25) is 0 Å². The van der Waals surface area contributed by atoms with Crippen LogP contribution in [0.5, 0.6) is 0 Å². The van der Waals surface area contributed by atoms with Crippen molar-refractivity contribution in [3.8, 4) is 0 Å². The fraction of sp³-hybridized carbons (Fsp3) is 0.389. The molecule has 1 fully saturated rings. The molecule has 1 aromatic heterocycles. The zero-order chi connectivity index (χ0) is 16.4. The van der Waals surface area contributed by atoms with E-state index in [0.29, 0.717) is 5.76 Å². The van der Waals surface area contributed by atoms with E-state index < -0.39 is 0 Å². The van der Waals surface area contributed by atoms with Gasteiger partial charge in [-0.2, -0.15) is 0 Å². The van der Waals surface area contributed by atoms with Crippen molar-refractivity contribution in [1.82, 2.24) is 4.90 Å². The Morgan fingerprint density at radius 3 is 2.43 bits per heavy atom. The first kappa shape index (κ1) is 15.6. The summed E-state index contributed by atoms with van der Waals surface area (Å²) in [6.07, 6.45) is 1.53. The van der Waals surface area contributed by atoms with Gasteiger partial charge < -0.3 is 19.5 Å². The molecule has 1 aromatic carbocycles. The molecule has 0 radical (unpaired) electrons. The van der Waals surface area contributed by atoms with Crippen LogP contribution < -0.4 is 10.2 Å². The zero-order valence-electron chi connectivity index (χ0n) is 13.9. The number of rotatable bonds is 3. The van der Waals surface area contributed by atoms with Crippen LogP contribution in [0, 0.1) is 13.8 Å². The van der Waals surface area contributed by atoms with Gasteiger partial charge in [0.05, 0.1) is 6.26 Å². The second kappa shape index (κ2) is 6.46. The van der Waals surface area contributed by atoms with Gasteiger partial charge in [-0.25, -0.2) is 0 Å². The van der Waals surface area contributed by atoms with Crippen molar-refractivity contribution in [3.63, 3.8) is 0 Å². The number of likely N-dealkylation sites (N-methyl/N-ethyl adjacent to an activating group) is 1. The predicted molar refractivity (Wildman–Crippen MR) is 92.3 cm³/mol. The van der Waals surface area contributed by atoms with Crippen molar-refractivity contribution in [2.45, 2.75) is 13.8 Å². The molecule has 0 atom stereocenters. The van der Waals surface area contributed by atoms with Crippen molar-refractivity contribution in [3.05, 3.63) is 47.4 Å². The summed E-state index contributed by atoms with van der Waals surface area (Å²) in [6, 6.07) is 7.85. The number of nitrogens with zero attached hydrogens (tertiary/aromatic N) is 2. The van der Waals surface area contributed by atoms with Gasteiger partial charge in [-0.1, -0.05) is 0 Å². The molecule has 1 N–H and O–H groups in total. The van der Waals surface area contributed by atoms with Crippen molar-refractivity contribution in [2.75, 3.05) is 43.4 Å². The van der Waals surface area contributed by atoms with Crippen LogP contribution in [0.15, 0.2) is 34.9 Å². The number of carbonyl (C=O) groups excluding carboxylic acids is 1. The Hall–Kier alpha value is -2.27. The molecule has 0 saturated carbocycles. The Labute approximate surface area is 136 Å². The molecule has 0 bridgehead atoms. The van der Waals surface area contributed by atoms with E-state index in [2.05, 4.69) is 35.2 Å². The number of hydrogen-bond donors (Lipinski definition) is 1. The highest BCUT2D eigenvalue weighted by Crippen LogP contribution is 2.25. The first-order chi connectivity index (χ1) is 11.0. The van der Waals surface area contributed by atoms with E-state index in [-0.39, 0.29) is 5.91 Å². The van der Waals surface area contributed by atoms with E-state index in [4.69, 9.17) is 4.42 Å². The summed E-state index contributed by atoms with van der Waals surface area (Å²) < 4.78 is 5.23. The van der Waals surface area contributed by atoms with Gasteiger partial charge in [0.1, 0.15) is 0 Å². The maximum Gasteiger partial charge on any atom is 0.291 e. The maximum absolute atomic E-state index is 12.2. The number of piperazine rings is 1. The lowest BCUT2D eigenvalue weighted by Crippen LogP contribution is -2.44. The number of amides is 1. The van der Waals surface area contributed by atoms with Crippen LogP contribution in [0.4, 0.5) is 11.4 Å². The normalized spacial score (nSPS) is 15.7. The molecule has 0 unspecified atom stereocenters. The first-order valence-corrected chi connectivity index (χ1v) is 7.94. The van der Waals surface area contributed by atoms with E-state index in [1.54, 1.807) is 6.07 Å². The lowest BCUT2D eigenvalue weighted by atomic mass is 10.1. The Morgan fingerprint density at radius 2 is 1.83 bits per heavy atom. The van der Waals surface area contributed by atoms with Crippen LogP contribution in [0.25, 0.3) is 0 Å². The van der Waals surface area contributed by atoms with Crippen LogP contribution in [-0.2, 0) is 0 Å². The zero-order valence-corrected chi connectivity index (χ0v) is 13.9. The smallest absolute Gasteiger partial charge is 0.291 e. The molecule has 1 saturated heterocycles. The average Bonchev–Trinajstić information content (AvgIpc) is 2.95. The SMILES string of the molecule is Cc1cc(NC(=O)c2occc2C)ccc1N1CCN(C)CC1. The van der Waals surface area contributed by atoms with Crippen molar-refractivity contribution < 1.29 is 9.21 Å². The van der Waals surface area contributed by atoms with E-state index in [1.807, 2.05) is 19.1 Å². The quantitative estimate of drug-likeness (QED) is 0.946. The Morgan fingerprint density at radius 1 is 1.09 bits per heavy atom. The van der Waals surface area contributed by atoms with Gasteiger partial charge in [-0.15, -0.1) is 0 Å². The van der Waals surface area contributed by atoms with Crippen molar-refractivity contribution in [1.29, 1.82) is 0 Å². The summed E-state index contributed by atoms with van der Waals surface area (Å²) in [7, 11) is 2.15. The summed E-state index contributed by atoms with van der Waals surface area (Å²) in [6.45, 7) is 8.18. The minimum atomic E-state index is -0.209. The molecule has 5 heteroatoms. The number of anilines is 2. The van der Waals surface area contributed by atoms with Gasteiger partial charge >= 0.3 is 0 Å². The number of carbonyl (C=O) groups is 1. The fourth-order valence-electron chi connectivity index (χ4n) is 2.93. The molecule has 3 rings (SSSR count). The van der Waals surface area contributed by atoms with Crippen LogP contribution in [0.3, 0.4) is 0 Å². The number of furan rings is 1. The summed E-state index contributed by atoms with van der Waals surface area (Å²) in [5.74, 6) is 0.157.